The van der Waals surface area contributed by atoms with Crippen molar-refractivity contribution in [3.05, 3.63) is 65.7 Å². The predicted octanol–water partition coefficient (Wildman–Crippen LogP) is 4.08. The molecule has 0 saturated carbocycles. The molecule has 1 amide bonds. The quantitative estimate of drug-likeness (QED) is 0.378. The zero-order chi connectivity index (χ0) is 24.5. The normalized spacial score (nSPS) is 19.0. The lowest BCUT2D eigenvalue weighted by molar-refractivity contribution is 0.0678. The van der Waals surface area contributed by atoms with E-state index in [1.807, 2.05) is 54.6 Å². The third-order valence-corrected chi connectivity index (χ3v) is 6.93. The van der Waals surface area contributed by atoms with Crippen LogP contribution in [-0.4, -0.2) is 85.0 Å². The molecule has 2 aromatic rings. The molecule has 2 heterocycles. The summed E-state index contributed by atoms with van der Waals surface area (Å²) in [4.78, 5) is 31.4. The number of nitrogens with zero attached hydrogens (tertiary/aromatic N) is 3. The number of Topliss-reactive ketones (excluding diaryl/α,β-unsaturated/α-hetero) is 1. The highest BCUT2D eigenvalue weighted by molar-refractivity contribution is 5.97. The molecule has 2 saturated heterocycles. The summed E-state index contributed by atoms with van der Waals surface area (Å²) in [6.07, 6.45) is 3.31. The number of carbonyl (C=O) groups is 2. The van der Waals surface area contributed by atoms with Crippen LogP contribution in [0.25, 0.3) is 0 Å². The minimum absolute atomic E-state index is 0.0830. The number of hydrogen-bond acceptors (Lipinski definition) is 6. The van der Waals surface area contributed by atoms with E-state index in [0.717, 1.165) is 24.3 Å². The van der Waals surface area contributed by atoms with Crippen molar-refractivity contribution in [3.8, 4) is 5.75 Å². The van der Waals surface area contributed by atoms with Crippen LogP contribution in [0.1, 0.15) is 42.1 Å². The van der Waals surface area contributed by atoms with E-state index in [1.165, 1.54) is 19.4 Å². The average molecular weight is 480 g/mol. The first-order valence-corrected chi connectivity index (χ1v) is 12.8. The fraction of sp³-hybridized carbons (Fsp3) is 0.500. The number of rotatable bonds is 10. The predicted molar refractivity (Wildman–Crippen MR) is 136 cm³/mol. The molecule has 7 nitrogen and oxygen atoms in total. The highest BCUT2D eigenvalue weighted by Crippen LogP contribution is 2.17. The summed E-state index contributed by atoms with van der Waals surface area (Å²) >= 11 is 0. The van der Waals surface area contributed by atoms with Crippen molar-refractivity contribution in [2.75, 3.05) is 52.4 Å². The Morgan fingerprint density at radius 1 is 0.943 bits per heavy atom. The molecule has 0 radical (unpaired) electrons. The lowest BCUT2D eigenvalue weighted by Gasteiger charge is -2.33. The molecule has 2 aromatic carbocycles. The molecule has 4 rings (SSSR count). The maximum absolute atomic E-state index is 12.7. The maximum Gasteiger partial charge on any atom is 0.410 e. The van der Waals surface area contributed by atoms with Crippen LogP contribution in [0, 0.1) is 0 Å². The lowest BCUT2D eigenvalue weighted by Crippen LogP contribution is -2.50. The monoisotopic (exact) mass is 479 g/mol. The minimum atomic E-state index is -0.301. The summed E-state index contributed by atoms with van der Waals surface area (Å²) in [6.45, 7) is 8.32. The van der Waals surface area contributed by atoms with Gasteiger partial charge < -0.3 is 19.3 Å². The summed E-state index contributed by atoms with van der Waals surface area (Å²) in [5.74, 6) is 0.887. The molecule has 7 heteroatoms. The van der Waals surface area contributed by atoms with Crippen molar-refractivity contribution >= 4 is 11.9 Å². The van der Waals surface area contributed by atoms with Crippen molar-refractivity contribution in [3.63, 3.8) is 0 Å². The van der Waals surface area contributed by atoms with E-state index in [2.05, 4.69) is 16.7 Å². The topological polar surface area (TPSA) is 62.3 Å². The molecule has 1 unspecified atom stereocenters. The third-order valence-electron chi connectivity index (χ3n) is 6.93. The van der Waals surface area contributed by atoms with Crippen LogP contribution >= 0.6 is 0 Å². The summed E-state index contributed by atoms with van der Waals surface area (Å²) in [7, 11) is 0. The Balaban J connectivity index is 1.13. The van der Waals surface area contributed by atoms with Gasteiger partial charge in [-0.15, -0.1) is 0 Å². The van der Waals surface area contributed by atoms with Crippen LogP contribution in [0.15, 0.2) is 54.6 Å². The highest BCUT2D eigenvalue weighted by Gasteiger charge is 2.24. The van der Waals surface area contributed by atoms with Crippen LogP contribution in [0.4, 0.5) is 4.79 Å². The maximum atomic E-state index is 12.7. The molecule has 2 fully saturated rings. The lowest BCUT2D eigenvalue weighted by atomic mass is 10.1. The molecule has 0 aromatic heterocycles. The van der Waals surface area contributed by atoms with Crippen molar-refractivity contribution in [2.24, 2.45) is 0 Å². The Morgan fingerprint density at radius 3 is 2.37 bits per heavy atom. The Labute approximate surface area is 208 Å². The number of carbonyl (C=O) groups excluding carboxylic acids is 2. The Bertz CT molecular complexity index is 942. The van der Waals surface area contributed by atoms with E-state index in [1.54, 1.807) is 4.90 Å². The van der Waals surface area contributed by atoms with Crippen molar-refractivity contribution < 1.29 is 19.1 Å². The van der Waals surface area contributed by atoms with E-state index in [4.69, 9.17) is 9.47 Å². The van der Waals surface area contributed by atoms with Gasteiger partial charge in [-0.25, -0.2) is 4.79 Å². The number of ketones is 1. The summed E-state index contributed by atoms with van der Waals surface area (Å²) in [5.41, 5.74) is 1.66. The molecule has 0 N–H and O–H groups in total. The van der Waals surface area contributed by atoms with Crippen molar-refractivity contribution in [1.29, 1.82) is 0 Å². The average Bonchev–Trinajstić information content (AvgIpc) is 3.31. The number of piperazine rings is 1. The van der Waals surface area contributed by atoms with Gasteiger partial charge in [0.2, 0.25) is 0 Å². The summed E-state index contributed by atoms with van der Waals surface area (Å²) in [5, 5.41) is 0. The Morgan fingerprint density at radius 2 is 1.69 bits per heavy atom. The van der Waals surface area contributed by atoms with Crippen LogP contribution < -0.4 is 4.74 Å². The van der Waals surface area contributed by atoms with E-state index < -0.39 is 0 Å². The fourth-order valence-corrected chi connectivity index (χ4v) is 4.71. The second-order valence-electron chi connectivity index (χ2n) is 9.48. The van der Waals surface area contributed by atoms with E-state index in [-0.39, 0.29) is 18.5 Å². The minimum Gasteiger partial charge on any atom is -0.494 e. The number of benzene rings is 2. The van der Waals surface area contributed by atoms with E-state index in [0.29, 0.717) is 50.9 Å². The molecule has 2 aliphatic heterocycles. The van der Waals surface area contributed by atoms with Gasteiger partial charge in [-0.1, -0.05) is 30.3 Å². The van der Waals surface area contributed by atoms with Gasteiger partial charge in [0.1, 0.15) is 12.4 Å². The van der Waals surface area contributed by atoms with Gasteiger partial charge >= 0.3 is 6.09 Å². The van der Waals surface area contributed by atoms with E-state index in [9.17, 15) is 9.59 Å². The zero-order valence-corrected chi connectivity index (χ0v) is 20.7. The number of ether oxygens (including phenoxy) is 2. The molecular weight excluding hydrogens is 442 g/mol. The van der Waals surface area contributed by atoms with Crippen LogP contribution in [0.5, 0.6) is 5.75 Å². The first kappa shape index (κ1) is 25.2. The number of amides is 1. The molecule has 35 heavy (non-hydrogen) atoms. The van der Waals surface area contributed by atoms with Gasteiger partial charge in [-0.2, -0.15) is 0 Å². The summed E-state index contributed by atoms with van der Waals surface area (Å²) < 4.78 is 11.3. The fourth-order valence-electron chi connectivity index (χ4n) is 4.71. The third kappa shape index (κ3) is 7.54. The molecule has 2 aliphatic rings. The smallest absolute Gasteiger partial charge is 0.410 e. The van der Waals surface area contributed by atoms with Gasteiger partial charge in [0.15, 0.2) is 5.78 Å². The molecule has 0 bridgehead atoms. The Kier molecular flexibility index (Phi) is 9.15. The van der Waals surface area contributed by atoms with Crippen LogP contribution in [0.3, 0.4) is 0 Å². The largest absolute Gasteiger partial charge is 0.494 e. The number of hydrogen-bond donors (Lipinski definition) is 0. The summed E-state index contributed by atoms with van der Waals surface area (Å²) in [6, 6.07) is 17.8. The SMILES string of the molecule is CC1CCCN1CCCOc1ccc(C(=O)CN2CCN(C(=O)OCc3ccccc3)CC2)cc1. The molecule has 1 atom stereocenters. The van der Waals surface area contributed by atoms with Crippen LogP contribution in [-0.2, 0) is 11.3 Å². The second-order valence-corrected chi connectivity index (χ2v) is 9.48. The first-order valence-electron chi connectivity index (χ1n) is 12.8. The standard InChI is InChI=1S/C28H37N3O4/c1-23-7-5-14-30(23)15-6-20-34-26-12-10-25(11-13-26)27(32)21-29-16-18-31(19-17-29)28(33)35-22-24-8-3-2-4-9-24/h2-4,8-13,23H,5-7,14-22H2,1H3. The highest BCUT2D eigenvalue weighted by atomic mass is 16.6. The second kappa shape index (κ2) is 12.7. The zero-order valence-electron chi connectivity index (χ0n) is 20.7. The number of likely N-dealkylation sites (tertiary alicyclic amines) is 1. The van der Waals surface area contributed by atoms with Gasteiger partial charge in [0.05, 0.1) is 13.2 Å². The Hall–Kier alpha value is -2.90. The van der Waals surface area contributed by atoms with E-state index >= 15 is 0 Å². The van der Waals surface area contributed by atoms with Gasteiger partial charge in [-0.05, 0) is 62.6 Å². The molecule has 188 valence electrons. The van der Waals surface area contributed by atoms with Crippen LogP contribution in [0.2, 0.25) is 0 Å². The van der Waals surface area contributed by atoms with Gasteiger partial charge in [0.25, 0.3) is 0 Å². The first-order chi connectivity index (χ1) is 17.1. The molecular formula is C28H37N3O4. The van der Waals surface area contributed by atoms with Gasteiger partial charge in [0, 0.05) is 44.3 Å². The molecule has 0 aliphatic carbocycles. The van der Waals surface area contributed by atoms with Crippen molar-refractivity contribution in [1.82, 2.24) is 14.7 Å². The molecule has 0 spiro atoms. The van der Waals surface area contributed by atoms with Crippen molar-refractivity contribution in [2.45, 2.75) is 38.8 Å². The van der Waals surface area contributed by atoms with Gasteiger partial charge in [-0.3, -0.25) is 9.69 Å².